The maximum Gasteiger partial charge on any atom is 0.573 e. The molecule has 2 aromatic carbocycles. The van der Waals surface area contributed by atoms with E-state index in [2.05, 4.69) is 20.4 Å². The van der Waals surface area contributed by atoms with Gasteiger partial charge in [-0.25, -0.2) is 9.79 Å². The third-order valence-electron chi connectivity index (χ3n) is 3.25. The second-order valence-electron chi connectivity index (χ2n) is 5.41. The van der Waals surface area contributed by atoms with Crippen LogP contribution in [0.4, 0.5) is 23.7 Å². The zero-order valence-electron chi connectivity index (χ0n) is 14.9. The zero-order valence-corrected chi connectivity index (χ0v) is 15.6. The lowest BCUT2D eigenvalue weighted by Gasteiger charge is -2.10. The van der Waals surface area contributed by atoms with Gasteiger partial charge in [0, 0.05) is 16.9 Å². The second-order valence-corrected chi connectivity index (χ2v) is 5.84. The fourth-order valence-corrected chi connectivity index (χ4v) is 2.12. The summed E-state index contributed by atoms with van der Waals surface area (Å²) in [5.74, 6) is -0.464. The number of allylic oxidation sites excluding steroid dienone is 2. The van der Waals surface area contributed by atoms with E-state index in [-0.39, 0.29) is 11.4 Å². The van der Waals surface area contributed by atoms with E-state index in [1.165, 1.54) is 18.3 Å². The largest absolute Gasteiger partial charge is 0.573 e. The van der Waals surface area contributed by atoms with Gasteiger partial charge >= 0.3 is 12.4 Å². The lowest BCUT2D eigenvalue weighted by atomic mass is 10.2. The third kappa shape index (κ3) is 7.19. The summed E-state index contributed by atoms with van der Waals surface area (Å²) in [4.78, 5) is 15.9. The molecule has 152 valence electrons. The Morgan fingerprint density at radius 2 is 1.70 bits per heavy atom. The first-order valence-electron chi connectivity index (χ1n) is 7.98. The van der Waals surface area contributed by atoms with Crippen molar-refractivity contribution in [2.45, 2.75) is 6.36 Å². The molecular weight excluding hydrogens is 423 g/mol. The minimum atomic E-state index is -4.83. The van der Waals surface area contributed by atoms with E-state index in [0.29, 0.717) is 10.6 Å². The van der Waals surface area contributed by atoms with E-state index in [1.807, 2.05) is 0 Å². The quantitative estimate of drug-likeness (QED) is 0.524. The standard InChI is InChI=1S/C19H11ClF3N5O2/c20-13-3-1-12(2-4-13)11-26-16(9-24)17(10-25)28-18(29)27-14-5-7-15(8-6-14)30-19(21,22)23/h1-8,11H,(H2,27,28,29). The first-order valence-corrected chi connectivity index (χ1v) is 8.36. The van der Waals surface area contributed by atoms with E-state index in [1.54, 1.807) is 36.4 Å². The molecule has 2 aromatic rings. The zero-order chi connectivity index (χ0) is 22.1. The van der Waals surface area contributed by atoms with Gasteiger partial charge in [-0.05, 0) is 42.0 Å². The van der Waals surface area contributed by atoms with Crippen LogP contribution in [0.3, 0.4) is 0 Å². The van der Waals surface area contributed by atoms with Crippen LogP contribution < -0.4 is 15.4 Å². The van der Waals surface area contributed by atoms with Crippen LogP contribution in [-0.4, -0.2) is 18.6 Å². The van der Waals surface area contributed by atoms with Crippen molar-refractivity contribution in [2.75, 3.05) is 5.32 Å². The van der Waals surface area contributed by atoms with Crippen LogP contribution in [0.15, 0.2) is 64.9 Å². The molecule has 2 N–H and O–H groups in total. The number of anilines is 1. The van der Waals surface area contributed by atoms with Crippen molar-refractivity contribution in [3.8, 4) is 17.9 Å². The summed E-state index contributed by atoms with van der Waals surface area (Å²) in [7, 11) is 0. The van der Waals surface area contributed by atoms with Gasteiger partial charge in [0.15, 0.2) is 11.4 Å². The van der Waals surface area contributed by atoms with Gasteiger partial charge in [-0.1, -0.05) is 23.7 Å². The number of amides is 2. The number of nitrogens with one attached hydrogen (secondary N) is 2. The fraction of sp³-hybridized carbons (Fsp3) is 0.0526. The summed E-state index contributed by atoms with van der Waals surface area (Å²) >= 11 is 5.77. The number of alkyl halides is 3. The SMILES string of the molecule is N#CC(N=Cc1ccc(Cl)cc1)=C(C#N)NC(=O)Nc1ccc(OC(F)(F)F)cc1. The number of hydrogen-bond donors (Lipinski definition) is 2. The molecule has 0 aliphatic rings. The molecule has 0 heterocycles. The van der Waals surface area contributed by atoms with Crippen LogP contribution in [0.25, 0.3) is 0 Å². The summed E-state index contributed by atoms with van der Waals surface area (Å²) < 4.78 is 40.2. The molecule has 0 radical (unpaired) electrons. The molecule has 2 amide bonds. The molecule has 0 saturated heterocycles. The van der Waals surface area contributed by atoms with E-state index in [0.717, 1.165) is 12.1 Å². The highest BCUT2D eigenvalue weighted by Crippen LogP contribution is 2.23. The van der Waals surface area contributed by atoms with Gasteiger partial charge in [0.25, 0.3) is 0 Å². The topological polar surface area (TPSA) is 110 Å². The fourth-order valence-electron chi connectivity index (χ4n) is 1.99. The Bertz CT molecular complexity index is 1050. The van der Waals surface area contributed by atoms with Gasteiger partial charge < -0.3 is 10.1 Å². The van der Waals surface area contributed by atoms with Gasteiger partial charge in [0.2, 0.25) is 0 Å². The Morgan fingerprint density at radius 3 is 2.23 bits per heavy atom. The van der Waals surface area contributed by atoms with E-state index >= 15 is 0 Å². The Morgan fingerprint density at radius 1 is 1.07 bits per heavy atom. The molecule has 0 unspecified atom stereocenters. The molecule has 30 heavy (non-hydrogen) atoms. The maximum atomic E-state index is 12.2. The smallest absolute Gasteiger partial charge is 0.406 e. The third-order valence-corrected chi connectivity index (χ3v) is 3.50. The second kappa shape index (κ2) is 9.96. The van der Waals surface area contributed by atoms with Gasteiger partial charge in [-0.15, -0.1) is 13.2 Å². The summed E-state index contributed by atoms with van der Waals surface area (Å²) in [6.07, 6.45) is -3.52. The molecular formula is C19H11ClF3N5O2. The molecule has 0 aliphatic heterocycles. The number of benzene rings is 2. The molecule has 2 rings (SSSR count). The Balaban J connectivity index is 2.07. The van der Waals surface area contributed by atoms with Crippen molar-refractivity contribution in [1.82, 2.24) is 5.32 Å². The normalized spacial score (nSPS) is 11.8. The summed E-state index contributed by atoms with van der Waals surface area (Å²) in [6, 6.07) is 13.3. The number of carbonyl (C=O) groups is 1. The number of halogens is 4. The van der Waals surface area contributed by atoms with Crippen LogP contribution in [0.1, 0.15) is 5.56 Å². The van der Waals surface area contributed by atoms with Crippen LogP contribution in [0, 0.1) is 22.7 Å². The molecule has 0 aromatic heterocycles. The molecule has 0 aliphatic carbocycles. The average molecular weight is 434 g/mol. The minimum absolute atomic E-state index is 0.127. The molecule has 0 atom stereocenters. The predicted molar refractivity (Wildman–Crippen MR) is 103 cm³/mol. The Hall–Kier alpha value is -4.02. The number of hydrogen-bond acceptors (Lipinski definition) is 5. The van der Waals surface area contributed by atoms with Gasteiger partial charge in [0.05, 0.1) is 0 Å². The lowest BCUT2D eigenvalue weighted by Crippen LogP contribution is -2.28. The van der Waals surface area contributed by atoms with Crippen molar-refractivity contribution < 1.29 is 22.7 Å². The van der Waals surface area contributed by atoms with Crippen molar-refractivity contribution in [3.05, 3.63) is 70.5 Å². The van der Waals surface area contributed by atoms with Crippen LogP contribution in [-0.2, 0) is 0 Å². The van der Waals surface area contributed by atoms with Crippen molar-refractivity contribution in [2.24, 2.45) is 4.99 Å². The Kier molecular flexibility index (Phi) is 7.39. The highest BCUT2D eigenvalue weighted by Gasteiger charge is 2.30. The number of nitriles is 2. The average Bonchev–Trinajstić information content (AvgIpc) is 2.69. The number of aliphatic imine (C=N–C) groups is 1. The number of nitrogens with zero attached hydrogens (tertiary/aromatic N) is 3. The van der Waals surface area contributed by atoms with E-state index in [4.69, 9.17) is 11.6 Å². The van der Waals surface area contributed by atoms with Gasteiger partial charge in [0.1, 0.15) is 17.9 Å². The van der Waals surface area contributed by atoms with Crippen molar-refractivity contribution in [3.63, 3.8) is 0 Å². The van der Waals surface area contributed by atoms with Gasteiger partial charge in [-0.3, -0.25) is 5.32 Å². The lowest BCUT2D eigenvalue weighted by molar-refractivity contribution is -0.274. The maximum absolute atomic E-state index is 12.2. The highest BCUT2D eigenvalue weighted by atomic mass is 35.5. The molecule has 0 spiro atoms. The van der Waals surface area contributed by atoms with Gasteiger partial charge in [-0.2, -0.15) is 10.5 Å². The molecule has 11 heteroatoms. The first-order chi connectivity index (χ1) is 14.2. The van der Waals surface area contributed by atoms with Crippen LogP contribution in [0.2, 0.25) is 5.02 Å². The highest BCUT2D eigenvalue weighted by molar-refractivity contribution is 6.30. The van der Waals surface area contributed by atoms with Crippen LogP contribution in [0.5, 0.6) is 5.75 Å². The van der Waals surface area contributed by atoms with Crippen LogP contribution >= 0.6 is 11.6 Å². The molecule has 0 fully saturated rings. The number of urea groups is 1. The first kappa shape index (κ1) is 22.3. The van der Waals surface area contributed by atoms with Crippen molar-refractivity contribution in [1.29, 1.82) is 10.5 Å². The Labute approximate surface area is 173 Å². The molecule has 0 bridgehead atoms. The number of ether oxygens (including phenoxy) is 1. The van der Waals surface area contributed by atoms with E-state index < -0.39 is 23.8 Å². The van der Waals surface area contributed by atoms with E-state index in [9.17, 15) is 28.5 Å². The number of rotatable bonds is 5. The minimum Gasteiger partial charge on any atom is -0.406 e. The summed E-state index contributed by atoms with van der Waals surface area (Å²) in [6.45, 7) is 0. The monoisotopic (exact) mass is 433 g/mol. The summed E-state index contributed by atoms with van der Waals surface area (Å²) in [5, 5.41) is 23.4. The number of carbonyl (C=O) groups excluding carboxylic acids is 1. The molecule has 0 saturated carbocycles. The summed E-state index contributed by atoms with van der Waals surface area (Å²) in [5.41, 5.74) is -0.0358. The molecule has 7 nitrogen and oxygen atoms in total. The van der Waals surface area contributed by atoms with Crippen molar-refractivity contribution >= 4 is 29.5 Å². The predicted octanol–water partition coefficient (Wildman–Crippen LogP) is 4.74.